The molecule has 9 aromatic carbocycles. The molecule has 61 heavy (non-hydrogen) atoms. The van der Waals surface area contributed by atoms with E-state index in [1.54, 1.807) is 0 Å². The summed E-state index contributed by atoms with van der Waals surface area (Å²) in [5.41, 5.74) is 8.78. The van der Waals surface area contributed by atoms with E-state index in [1.165, 1.54) is 0 Å². The third-order valence-electron chi connectivity index (χ3n) is 13.4. The zero-order chi connectivity index (χ0) is 40.9. The van der Waals surface area contributed by atoms with E-state index in [4.69, 9.17) is 0 Å². The first-order valence-corrected chi connectivity index (χ1v) is 22.1. The first kappa shape index (κ1) is 36.2. The summed E-state index contributed by atoms with van der Waals surface area (Å²) in [5, 5.41) is 43.8. The summed E-state index contributed by atoms with van der Waals surface area (Å²) in [6.07, 6.45) is 0. The molecule has 3 N–H and O–H groups in total. The molecule has 3 nitrogen and oxygen atoms in total. The van der Waals surface area contributed by atoms with E-state index in [9.17, 15) is 15.3 Å². The summed E-state index contributed by atoms with van der Waals surface area (Å²) < 4.78 is 0. The lowest BCUT2D eigenvalue weighted by Gasteiger charge is -2.37. The van der Waals surface area contributed by atoms with Crippen LogP contribution in [0.5, 0.6) is 0 Å². The molecular weight excluding hydrogens is 764 g/mol. The van der Waals surface area contributed by atoms with Gasteiger partial charge in [0.15, 0.2) is 0 Å². The van der Waals surface area contributed by atoms with Crippen LogP contribution in [-0.2, 0) is 16.8 Å². The maximum Gasteiger partial charge on any atom is 0.142 e. The normalized spacial score (nSPS) is 15.3. The highest BCUT2D eigenvalue weighted by Gasteiger charge is 2.50. The summed E-state index contributed by atoms with van der Waals surface area (Å²) >= 11 is 0. The van der Waals surface area contributed by atoms with Crippen LogP contribution in [0.3, 0.4) is 0 Å². The zero-order valence-corrected chi connectivity index (χ0v) is 34.0. The van der Waals surface area contributed by atoms with Gasteiger partial charge in [0.2, 0.25) is 0 Å². The Morgan fingerprint density at radius 1 is 0.213 bits per heavy atom. The average Bonchev–Trinajstić information content (AvgIpc) is 3.86. The van der Waals surface area contributed by atoms with Crippen molar-refractivity contribution in [1.82, 2.24) is 0 Å². The van der Waals surface area contributed by atoms with Crippen LogP contribution in [0, 0.1) is 0 Å². The molecular formula is C57H39O3P. The third-order valence-corrected chi connectivity index (χ3v) is 16.0. The van der Waals surface area contributed by atoms with Crippen molar-refractivity contribution in [3.63, 3.8) is 0 Å². The molecule has 0 amide bonds. The summed E-state index contributed by atoms with van der Waals surface area (Å²) in [6.45, 7) is 0. The minimum Gasteiger partial charge on any atom is -0.376 e. The Kier molecular flexibility index (Phi) is 7.94. The lowest BCUT2D eigenvalue weighted by Crippen LogP contribution is -2.40. The molecule has 0 unspecified atom stereocenters. The fraction of sp³-hybridized carbons (Fsp3) is 0.0526. The standard InChI is InChI=1S/C57H39O3P/c58-55(43-25-7-1-19-37(43)38-20-2-8-26-44(38)55)49-31-13-16-34-52(49)61(53-35-17-14-32-50(53)56(59)45-27-9-3-21-39(45)40-22-4-10-28-46(40)56)54-36-18-15-33-51(54)57(60)47-29-11-5-23-41(47)42-24-6-12-30-48(42)57/h1-36,58-60H. The predicted octanol–water partition coefficient (Wildman–Crippen LogP) is 10.2. The van der Waals surface area contributed by atoms with Gasteiger partial charge in [0, 0.05) is 50.1 Å². The number of aliphatic hydroxyl groups is 3. The van der Waals surface area contributed by atoms with Crippen LogP contribution >= 0.6 is 7.92 Å². The molecule has 3 aliphatic carbocycles. The van der Waals surface area contributed by atoms with E-state index < -0.39 is 24.7 Å². The Labute approximate surface area is 356 Å². The highest BCUT2D eigenvalue weighted by Crippen LogP contribution is 2.57. The van der Waals surface area contributed by atoms with Gasteiger partial charge in [0.05, 0.1) is 0 Å². The molecule has 3 aliphatic rings. The van der Waals surface area contributed by atoms with Gasteiger partial charge >= 0.3 is 0 Å². The second-order valence-corrected chi connectivity index (χ2v) is 18.4. The largest absolute Gasteiger partial charge is 0.376 e. The zero-order valence-electron chi connectivity index (χ0n) is 33.1. The lowest BCUT2D eigenvalue weighted by atomic mass is 9.84. The van der Waals surface area contributed by atoms with Crippen LogP contribution in [0.4, 0.5) is 0 Å². The quantitative estimate of drug-likeness (QED) is 0.147. The molecule has 0 heterocycles. The summed E-state index contributed by atoms with van der Waals surface area (Å²) in [7, 11) is -1.67. The maximum absolute atomic E-state index is 13.7. The van der Waals surface area contributed by atoms with Crippen molar-refractivity contribution in [3.8, 4) is 33.4 Å². The summed E-state index contributed by atoms with van der Waals surface area (Å²) in [4.78, 5) is 0. The molecule has 0 fully saturated rings. The molecule has 9 aromatic rings. The van der Waals surface area contributed by atoms with E-state index in [0.29, 0.717) is 0 Å². The Bertz CT molecular complexity index is 2760. The van der Waals surface area contributed by atoms with Gasteiger partial charge in [-0.15, -0.1) is 0 Å². The van der Waals surface area contributed by atoms with Gasteiger partial charge in [0.25, 0.3) is 0 Å². The molecule has 4 heteroatoms. The monoisotopic (exact) mass is 802 g/mol. The first-order valence-electron chi connectivity index (χ1n) is 20.8. The molecule has 290 valence electrons. The van der Waals surface area contributed by atoms with Gasteiger partial charge < -0.3 is 15.3 Å². The van der Waals surface area contributed by atoms with Gasteiger partial charge in [0.1, 0.15) is 16.8 Å². The summed E-state index contributed by atoms with van der Waals surface area (Å²) in [5.74, 6) is 0. The van der Waals surface area contributed by atoms with Gasteiger partial charge in [-0.25, -0.2) is 0 Å². The molecule has 0 radical (unpaired) electrons. The van der Waals surface area contributed by atoms with Crippen LogP contribution in [0.15, 0.2) is 218 Å². The van der Waals surface area contributed by atoms with Crippen molar-refractivity contribution in [3.05, 3.63) is 268 Å². The second kappa shape index (κ2) is 13.4. The van der Waals surface area contributed by atoms with Crippen molar-refractivity contribution >= 4 is 23.8 Å². The van der Waals surface area contributed by atoms with Crippen LogP contribution in [0.25, 0.3) is 33.4 Å². The summed E-state index contributed by atoms with van der Waals surface area (Å²) in [6, 6.07) is 73.9. The molecule has 0 aromatic heterocycles. The molecule has 0 saturated heterocycles. The van der Waals surface area contributed by atoms with E-state index in [2.05, 4.69) is 91.0 Å². The van der Waals surface area contributed by atoms with E-state index in [1.807, 2.05) is 127 Å². The van der Waals surface area contributed by atoms with Crippen LogP contribution in [0.2, 0.25) is 0 Å². The second-order valence-electron chi connectivity index (χ2n) is 16.3. The smallest absolute Gasteiger partial charge is 0.142 e. The van der Waals surface area contributed by atoms with Crippen molar-refractivity contribution in [2.75, 3.05) is 0 Å². The highest BCUT2D eigenvalue weighted by atomic mass is 31.1. The fourth-order valence-corrected chi connectivity index (χ4v) is 13.7. The Morgan fingerprint density at radius 2 is 0.377 bits per heavy atom. The van der Waals surface area contributed by atoms with Crippen LogP contribution in [-0.4, -0.2) is 15.3 Å². The van der Waals surface area contributed by atoms with Crippen LogP contribution in [0.1, 0.15) is 50.1 Å². The molecule has 0 atom stereocenters. The number of benzene rings is 9. The Hall–Kier alpha value is -6.71. The van der Waals surface area contributed by atoms with E-state index >= 15 is 0 Å². The number of hydrogen-bond acceptors (Lipinski definition) is 3. The Balaban J connectivity index is 1.19. The maximum atomic E-state index is 13.7. The number of fused-ring (bicyclic) bond motifs is 9. The van der Waals surface area contributed by atoms with Gasteiger partial charge in [-0.1, -0.05) is 218 Å². The van der Waals surface area contributed by atoms with Crippen molar-refractivity contribution in [1.29, 1.82) is 0 Å². The van der Waals surface area contributed by atoms with Gasteiger partial charge in [-0.05, 0) is 57.2 Å². The molecule has 12 rings (SSSR count). The third kappa shape index (κ3) is 4.83. The van der Waals surface area contributed by atoms with Gasteiger partial charge in [-0.3, -0.25) is 0 Å². The fourth-order valence-electron chi connectivity index (χ4n) is 10.8. The highest BCUT2D eigenvalue weighted by molar-refractivity contribution is 7.80. The SMILES string of the molecule is OC1(c2ccccc2P(c2ccccc2C2(O)c3ccccc3-c3ccccc32)c2ccccc2C2(O)c3ccccc3-c3ccccc32)c2ccccc2-c2ccccc21. The lowest BCUT2D eigenvalue weighted by molar-refractivity contribution is 0.132. The molecule has 0 aliphatic heterocycles. The van der Waals surface area contributed by atoms with E-state index in [0.717, 1.165) is 99.4 Å². The topological polar surface area (TPSA) is 60.7 Å². The van der Waals surface area contributed by atoms with Crippen molar-refractivity contribution in [2.45, 2.75) is 16.8 Å². The minimum atomic E-state index is -1.67. The average molecular weight is 803 g/mol. The molecule has 0 saturated carbocycles. The Morgan fingerprint density at radius 3 is 0.590 bits per heavy atom. The minimum absolute atomic E-state index is 0.765. The number of rotatable bonds is 6. The first-order chi connectivity index (χ1) is 29.9. The molecule has 0 spiro atoms. The number of hydrogen-bond donors (Lipinski definition) is 3. The van der Waals surface area contributed by atoms with Crippen LogP contribution < -0.4 is 15.9 Å². The van der Waals surface area contributed by atoms with Gasteiger partial charge in [-0.2, -0.15) is 0 Å². The van der Waals surface area contributed by atoms with Crippen molar-refractivity contribution in [2.24, 2.45) is 0 Å². The predicted molar refractivity (Wildman–Crippen MR) is 247 cm³/mol. The molecule has 0 bridgehead atoms. The van der Waals surface area contributed by atoms with E-state index in [-0.39, 0.29) is 0 Å². The van der Waals surface area contributed by atoms with Crippen molar-refractivity contribution < 1.29 is 15.3 Å².